The zero-order valence-electron chi connectivity index (χ0n) is 8.14. The summed E-state index contributed by atoms with van der Waals surface area (Å²) in [6.07, 6.45) is 3.54. The number of hydrogen-bond donors (Lipinski definition) is 0. The summed E-state index contributed by atoms with van der Waals surface area (Å²) < 4.78 is 8.72. The van der Waals surface area contributed by atoms with E-state index in [1.54, 1.807) is 6.08 Å². The van der Waals surface area contributed by atoms with Gasteiger partial charge >= 0.3 is 5.97 Å². The standard InChI is InChI=1S/C11H9NO2S/c1-14-11(13)9-7-6-8-4-2-3-5-10(8)15-12-9/h2-7H,1H3. The monoisotopic (exact) mass is 219 g/mol. The van der Waals surface area contributed by atoms with Crippen LogP contribution in [-0.4, -0.2) is 18.8 Å². The number of ether oxygens (including phenoxy) is 1. The summed E-state index contributed by atoms with van der Waals surface area (Å²) in [6, 6.07) is 7.84. The smallest absolute Gasteiger partial charge is 0.357 e. The van der Waals surface area contributed by atoms with E-state index in [4.69, 9.17) is 0 Å². The second-order valence-corrected chi connectivity index (χ2v) is 3.74. The molecule has 0 amide bonds. The van der Waals surface area contributed by atoms with E-state index >= 15 is 0 Å². The van der Waals surface area contributed by atoms with Crippen LogP contribution >= 0.6 is 11.9 Å². The van der Waals surface area contributed by atoms with Gasteiger partial charge in [0.2, 0.25) is 0 Å². The zero-order chi connectivity index (χ0) is 10.7. The van der Waals surface area contributed by atoms with E-state index in [0.717, 1.165) is 10.5 Å². The highest BCUT2D eigenvalue weighted by Crippen LogP contribution is 2.27. The molecule has 1 aliphatic rings. The van der Waals surface area contributed by atoms with Crippen molar-refractivity contribution in [3.8, 4) is 0 Å². The summed E-state index contributed by atoms with van der Waals surface area (Å²) in [5.74, 6) is -0.411. The Morgan fingerprint density at radius 2 is 2.13 bits per heavy atom. The quantitative estimate of drug-likeness (QED) is 0.537. The lowest BCUT2D eigenvalue weighted by Crippen LogP contribution is -2.12. The van der Waals surface area contributed by atoms with E-state index in [0.29, 0.717) is 5.71 Å². The van der Waals surface area contributed by atoms with Crippen LogP contribution in [0.5, 0.6) is 0 Å². The van der Waals surface area contributed by atoms with Crippen molar-refractivity contribution in [1.82, 2.24) is 0 Å². The average molecular weight is 219 g/mol. The maximum absolute atomic E-state index is 11.3. The number of nitrogens with zero attached hydrogens (tertiary/aromatic N) is 1. The zero-order valence-corrected chi connectivity index (χ0v) is 8.95. The summed E-state index contributed by atoms with van der Waals surface area (Å²) in [4.78, 5) is 12.3. The molecule has 76 valence electrons. The molecule has 0 atom stereocenters. The van der Waals surface area contributed by atoms with Crippen molar-refractivity contribution in [2.24, 2.45) is 4.40 Å². The summed E-state index contributed by atoms with van der Waals surface area (Å²) in [5.41, 5.74) is 1.39. The molecule has 0 aromatic heterocycles. The summed E-state index contributed by atoms with van der Waals surface area (Å²) in [7, 11) is 1.35. The molecule has 0 saturated heterocycles. The third-order valence-electron chi connectivity index (χ3n) is 1.98. The second kappa shape index (κ2) is 4.31. The molecule has 0 saturated carbocycles. The highest BCUT2D eigenvalue weighted by Gasteiger charge is 2.12. The maximum atomic E-state index is 11.3. The molecular weight excluding hydrogens is 210 g/mol. The van der Waals surface area contributed by atoms with Crippen LogP contribution < -0.4 is 0 Å². The first-order valence-electron chi connectivity index (χ1n) is 4.41. The van der Waals surface area contributed by atoms with Crippen LogP contribution in [0.15, 0.2) is 39.6 Å². The topological polar surface area (TPSA) is 38.7 Å². The molecule has 0 radical (unpaired) electrons. The molecule has 0 N–H and O–H groups in total. The molecular formula is C11H9NO2S. The van der Waals surface area contributed by atoms with Crippen molar-refractivity contribution in [1.29, 1.82) is 0 Å². The second-order valence-electron chi connectivity index (χ2n) is 2.93. The van der Waals surface area contributed by atoms with Crippen LogP contribution in [0.4, 0.5) is 0 Å². The van der Waals surface area contributed by atoms with Crippen LogP contribution in [0.2, 0.25) is 0 Å². The number of esters is 1. The number of rotatable bonds is 1. The first kappa shape index (κ1) is 9.98. The summed E-state index contributed by atoms with van der Waals surface area (Å²) in [5, 5.41) is 0. The van der Waals surface area contributed by atoms with Gasteiger partial charge in [0, 0.05) is 16.8 Å². The molecule has 0 spiro atoms. The first-order chi connectivity index (χ1) is 7.31. The molecule has 1 aliphatic heterocycles. The molecule has 0 fully saturated rings. The Kier molecular flexibility index (Phi) is 2.87. The third kappa shape index (κ3) is 2.10. The Morgan fingerprint density at radius 3 is 2.93 bits per heavy atom. The Bertz CT molecular complexity index is 452. The van der Waals surface area contributed by atoms with Gasteiger partial charge in [0.05, 0.1) is 7.11 Å². The van der Waals surface area contributed by atoms with Gasteiger partial charge in [0.1, 0.15) is 0 Å². The van der Waals surface area contributed by atoms with Gasteiger partial charge in [-0.3, -0.25) is 0 Å². The lowest BCUT2D eigenvalue weighted by Gasteiger charge is -1.98. The van der Waals surface area contributed by atoms with E-state index in [-0.39, 0.29) is 0 Å². The molecule has 1 aromatic rings. The molecule has 1 aromatic carbocycles. The van der Waals surface area contributed by atoms with Gasteiger partial charge in [-0.15, -0.1) is 0 Å². The van der Waals surface area contributed by atoms with Gasteiger partial charge in [-0.25, -0.2) is 9.19 Å². The van der Waals surface area contributed by atoms with Gasteiger partial charge in [0.15, 0.2) is 5.71 Å². The lowest BCUT2D eigenvalue weighted by molar-refractivity contribution is -0.132. The van der Waals surface area contributed by atoms with Crippen molar-refractivity contribution >= 4 is 29.7 Å². The minimum Gasteiger partial charge on any atom is -0.464 e. The van der Waals surface area contributed by atoms with E-state index in [1.807, 2.05) is 30.3 Å². The molecule has 0 unspecified atom stereocenters. The fourth-order valence-electron chi connectivity index (χ4n) is 1.21. The highest BCUT2D eigenvalue weighted by molar-refractivity contribution is 7.98. The number of hydrogen-bond acceptors (Lipinski definition) is 4. The fraction of sp³-hybridized carbons (Fsp3) is 0.0909. The van der Waals surface area contributed by atoms with Gasteiger partial charge < -0.3 is 4.74 Å². The molecule has 1 heterocycles. The largest absolute Gasteiger partial charge is 0.464 e. The first-order valence-corrected chi connectivity index (χ1v) is 5.19. The number of carbonyl (C=O) groups is 1. The van der Waals surface area contributed by atoms with Crippen molar-refractivity contribution in [3.05, 3.63) is 35.9 Å². The minimum absolute atomic E-state index is 0.332. The number of benzene rings is 1. The van der Waals surface area contributed by atoms with Crippen LogP contribution in [0, 0.1) is 0 Å². The molecule has 0 bridgehead atoms. The van der Waals surface area contributed by atoms with Gasteiger partial charge in [-0.05, 0) is 17.7 Å². The Hall–Kier alpha value is -1.55. The Balaban J connectivity index is 2.33. The van der Waals surface area contributed by atoms with Crippen LogP contribution in [-0.2, 0) is 9.53 Å². The fourth-order valence-corrected chi connectivity index (χ4v) is 1.92. The van der Waals surface area contributed by atoms with E-state index in [9.17, 15) is 4.79 Å². The predicted molar refractivity (Wildman–Crippen MR) is 60.8 cm³/mol. The number of methoxy groups -OCH3 is 1. The van der Waals surface area contributed by atoms with Crippen LogP contribution in [0.1, 0.15) is 5.56 Å². The maximum Gasteiger partial charge on any atom is 0.357 e. The van der Waals surface area contributed by atoms with E-state index < -0.39 is 5.97 Å². The Labute approximate surface area is 92.0 Å². The number of carbonyl (C=O) groups excluding carboxylic acids is 1. The average Bonchev–Trinajstić information content (AvgIpc) is 2.50. The van der Waals surface area contributed by atoms with Gasteiger partial charge in [-0.2, -0.15) is 0 Å². The molecule has 4 heteroatoms. The van der Waals surface area contributed by atoms with Crippen molar-refractivity contribution in [3.63, 3.8) is 0 Å². The molecule has 0 aliphatic carbocycles. The molecule has 3 nitrogen and oxygen atoms in total. The number of fused-ring (bicyclic) bond motifs is 1. The highest BCUT2D eigenvalue weighted by atomic mass is 32.2. The lowest BCUT2D eigenvalue weighted by atomic mass is 10.2. The predicted octanol–water partition coefficient (Wildman–Crippen LogP) is 2.33. The minimum atomic E-state index is -0.411. The normalized spacial score (nSPS) is 13.8. The van der Waals surface area contributed by atoms with Gasteiger partial charge in [-0.1, -0.05) is 24.3 Å². The Morgan fingerprint density at radius 1 is 1.33 bits per heavy atom. The van der Waals surface area contributed by atoms with Crippen molar-refractivity contribution < 1.29 is 9.53 Å². The van der Waals surface area contributed by atoms with Crippen LogP contribution in [0.25, 0.3) is 6.08 Å². The van der Waals surface area contributed by atoms with Gasteiger partial charge in [0.25, 0.3) is 0 Å². The molecule has 2 rings (SSSR count). The third-order valence-corrected chi connectivity index (χ3v) is 2.83. The SMILES string of the molecule is COC(=O)C1=NSc2ccccc2C=C1. The van der Waals surface area contributed by atoms with E-state index in [1.165, 1.54) is 19.1 Å². The van der Waals surface area contributed by atoms with Crippen molar-refractivity contribution in [2.75, 3.05) is 7.11 Å². The van der Waals surface area contributed by atoms with Crippen molar-refractivity contribution in [2.45, 2.75) is 4.90 Å². The summed E-state index contributed by atoms with van der Waals surface area (Å²) >= 11 is 1.29. The molecule has 15 heavy (non-hydrogen) atoms. The summed E-state index contributed by atoms with van der Waals surface area (Å²) in [6.45, 7) is 0. The van der Waals surface area contributed by atoms with Crippen LogP contribution in [0.3, 0.4) is 0 Å². The van der Waals surface area contributed by atoms with E-state index in [2.05, 4.69) is 9.13 Å².